The molecule has 0 aliphatic heterocycles. The van der Waals surface area contributed by atoms with Crippen LogP contribution in [0.3, 0.4) is 0 Å². The monoisotopic (exact) mass is 407 g/mol. The van der Waals surface area contributed by atoms with Gasteiger partial charge < -0.3 is 15.5 Å². The molecule has 0 aromatic heterocycles. The van der Waals surface area contributed by atoms with Crippen LogP contribution in [0.15, 0.2) is 21.1 Å². The van der Waals surface area contributed by atoms with Gasteiger partial charge in [0.1, 0.15) is 0 Å². The van der Waals surface area contributed by atoms with Crippen molar-refractivity contribution in [1.29, 1.82) is 0 Å². The van der Waals surface area contributed by atoms with Crippen LogP contribution in [0, 0.1) is 0 Å². The summed E-state index contributed by atoms with van der Waals surface area (Å²) < 4.78 is 41.4. The van der Waals surface area contributed by atoms with Gasteiger partial charge in [-0.2, -0.15) is 0 Å². The number of ether oxygens (including phenoxy) is 1. The lowest BCUT2D eigenvalue weighted by atomic mass is 10.3. The van der Waals surface area contributed by atoms with E-state index in [2.05, 4.69) is 47.3 Å². The topological polar surface area (TPSA) is 59.3 Å². The molecule has 0 aliphatic carbocycles. The second-order valence-corrected chi connectivity index (χ2v) is 5.09. The summed E-state index contributed by atoms with van der Waals surface area (Å²) in [6.45, 7) is 0. The third-order valence-electron chi connectivity index (χ3n) is 1.61. The van der Waals surface area contributed by atoms with Crippen LogP contribution in [0.2, 0.25) is 0 Å². The minimum atomic E-state index is -4.81. The lowest BCUT2D eigenvalue weighted by Gasteiger charge is -2.16. The zero-order chi connectivity index (χ0) is 13.9. The Labute approximate surface area is 122 Å². The van der Waals surface area contributed by atoms with Gasteiger partial charge in [-0.1, -0.05) is 15.9 Å². The van der Waals surface area contributed by atoms with Crippen LogP contribution in [-0.4, -0.2) is 11.5 Å². The second-order valence-electron chi connectivity index (χ2n) is 2.91. The Morgan fingerprint density at radius 3 is 2.44 bits per heavy atom. The number of thiocarbonyl (C=S) groups is 1. The molecule has 10 heteroatoms. The van der Waals surface area contributed by atoms with Gasteiger partial charge in [0.05, 0.1) is 5.69 Å². The highest BCUT2D eigenvalue weighted by Crippen LogP contribution is 2.38. The van der Waals surface area contributed by atoms with E-state index in [1.807, 2.05) is 0 Å². The standard InChI is InChI=1S/C8H6Br2F3N3OS/c9-3-1-4(10)6(15-7(18)16-14)5(2-3)17-8(11,12)13/h1-2H,14H2,(H2,15,16,18). The Morgan fingerprint density at radius 1 is 1.33 bits per heavy atom. The average Bonchev–Trinajstić information content (AvgIpc) is 2.20. The van der Waals surface area contributed by atoms with Crippen LogP contribution in [0.5, 0.6) is 5.75 Å². The van der Waals surface area contributed by atoms with E-state index in [9.17, 15) is 13.2 Å². The molecule has 0 fully saturated rings. The van der Waals surface area contributed by atoms with Crippen molar-refractivity contribution >= 4 is 54.9 Å². The first-order valence-electron chi connectivity index (χ1n) is 4.25. The molecule has 0 heterocycles. The fourth-order valence-electron chi connectivity index (χ4n) is 1.03. The third-order valence-corrected chi connectivity index (χ3v) is 2.92. The molecule has 1 rings (SSSR count). The van der Waals surface area contributed by atoms with E-state index in [-0.39, 0.29) is 10.8 Å². The third kappa shape index (κ3) is 4.59. The smallest absolute Gasteiger partial charge is 0.403 e. The maximum Gasteiger partial charge on any atom is 0.573 e. The lowest BCUT2D eigenvalue weighted by Crippen LogP contribution is -2.34. The molecule has 0 atom stereocenters. The molecule has 1 aromatic rings. The average molecular weight is 409 g/mol. The zero-order valence-electron chi connectivity index (χ0n) is 8.44. The molecule has 0 aliphatic rings. The zero-order valence-corrected chi connectivity index (χ0v) is 12.4. The van der Waals surface area contributed by atoms with Crippen LogP contribution in [0.25, 0.3) is 0 Å². The quantitative estimate of drug-likeness (QED) is 0.398. The maximum absolute atomic E-state index is 12.3. The summed E-state index contributed by atoms with van der Waals surface area (Å²) in [5.41, 5.74) is 2.11. The molecule has 1 aromatic carbocycles. The fraction of sp³-hybridized carbons (Fsp3) is 0.125. The molecule has 18 heavy (non-hydrogen) atoms. The molecule has 4 N–H and O–H groups in total. The van der Waals surface area contributed by atoms with Gasteiger partial charge in [0.2, 0.25) is 0 Å². The Morgan fingerprint density at radius 2 is 1.94 bits per heavy atom. The van der Waals surface area contributed by atoms with E-state index >= 15 is 0 Å². The van der Waals surface area contributed by atoms with E-state index in [1.54, 1.807) is 0 Å². The van der Waals surface area contributed by atoms with Crippen molar-refractivity contribution in [2.75, 3.05) is 5.32 Å². The predicted octanol–water partition coefficient (Wildman–Crippen LogP) is 3.27. The molecular weight excluding hydrogens is 403 g/mol. The molecule has 4 nitrogen and oxygen atoms in total. The minimum absolute atomic E-state index is 0.0125. The number of hydrogen-bond donors (Lipinski definition) is 3. The summed E-state index contributed by atoms with van der Waals surface area (Å²) in [6.07, 6.45) is -4.81. The van der Waals surface area contributed by atoms with Crippen LogP contribution in [0.1, 0.15) is 0 Å². The highest BCUT2D eigenvalue weighted by molar-refractivity contribution is 9.11. The fourth-order valence-corrected chi connectivity index (χ4v) is 2.41. The molecule has 0 saturated heterocycles. The number of nitrogens with one attached hydrogen (secondary N) is 2. The van der Waals surface area contributed by atoms with E-state index in [0.717, 1.165) is 6.07 Å². The van der Waals surface area contributed by atoms with Crippen molar-refractivity contribution in [3.63, 3.8) is 0 Å². The molecule has 0 amide bonds. The number of halogens is 5. The van der Waals surface area contributed by atoms with Gasteiger partial charge in [0.25, 0.3) is 0 Å². The first-order chi connectivity index (χ1) is 8.23. The van der Waals surface area contributed by atoms with Crippen LogP contribution in [0.4, 0.5) is 18.9 Å². The molecule has 0 unspecified atom stereocenters. The van der Waals surface area contributed by atoms with Crippen molar-refractivity contribution in [2.24, 2.45) is 5.84 Å². The Bertz CT molecular complexity index is 470. The summed E-state index contributed by atoms with van der Waals surface area (Å²) >= 11 is 10.9. The van der Waals surface area contributed by atoms with Crippen molar-refractivity contribution in [1.82, 2.24) is 5.43 Å². The van der Waals surface area contributed by atoms with Gasteiger partial charge in [-0.15, -0.1) is 13.2 Å². The van der Waals surface area contributed by atoms with Crippen LogP contribution in [-0.2, 0) is 0 Å². The van der Waals surface area contributed by atoms with Gasteiger partial charge in [-0.3, -0.25) is 0 Å². The van der Waals surface area contributed by atoms with Gasteiger partial charge in [0.15, 0.2) is 10.9 Å². The number of nitrogens with two attached hydrogens (primary N) is 1. The van der Waals surface area contributed by atoms with Gasteiger partial charge in [-0.05, 0) is 40.3 Å². The van der Waals surface area contributed by atoms with Gasteiger partial charge >= 0.3 is 6.36 Å². The first kappa shape index (κ1) is 15.5. The number of rotatable bonds is 2. The summed E-state index contributed by atoms with van der Waals surface area (Å²) in [4.78, 5) is 0. The normalized spacial score (nSPS) is 11.0. The predicted molar refractivity (Wildman–Crippen MR) is 72.1 cm³/mol. The number of hydrogen-bond acceptors (Lipinski definition) is 3. The van der Waals surface area contributed by atoms with E-state index in [0.29, 0.717) is 8.95 Å². The number of anilines is 1. The molecular formula is C8H6Br2F3N3OS. The molecule has 0 saturated carbocycles. The summed E-state index contributed by atoms with van der Waals surface area (Å²) in [5.74, 6) is 4.59. The number of benzene rings is 1. The minimum Gasteiger partial charge on any atom is -0.403 e. The molecule has 0 radical (unpaired) electrons. The second kappa shape index (κ2) is 6.04. The summed E-state index contributed by atoms with van der Waals surface area (Å²) in [5, 5.41) is 2.43. The summed E-state index contributed by atoms with van der Waals surface area (Å²) in [6, 6.07) is 2.68. The highest BCUT2D eigenvalue weighted by Gasteiger charge is 2.32. The SMILES string of the molecule is NNC(=S)Nc1c(Br)cc(Br)cc1OC(F)(F)F. The lowest BCUT2D eigenvalue weighted by molar-refractivity contribution is -0.274. The van der Waals surface area contributed by atoms with Crippen LogP contribution >= 0.6 is 44.1 Å². The van der Waals surface area contributed by atoms with Gasteiger partial charge in [-0.25, -0.2) is 5.84 Å². The molecule has 0 bridgehead atoms. The number of alkyl halides is 3. The largest absolute Gasteiger partial charge is 0.573 e. The van der Waals surface area contributed by atoms with Gasteiger partial charge in [0, 0.05) is 8.95 Å². The first-order valence-corrected chi connectivity index (χ1v) is 6.24. The highest BCUT2D eigenvalue weighted by atomic mass is 79.9. The van der Waals surface area contributed by atoms with E-state index in [1.165, 1.54) is 6.07 Å². The Kier molecular flexibility index (Phi) is 5.20. The van der Waals surface area contributed by atoms with E-state index < -0.39 is 12.1 Å². The van der Waals surface area contributed by atoms with E-state index in [4.69, 9.17) is 18.1 Å². The molecule has 0 spiro atoms. The molecule has 100 valence electrons. The summed E-state index contributed by atoms with van der Waals surface area (Å²) in [7, 11) is 0. The van der Waals surface area contributed by atoms with Crippen molar-refractivity contribution < 1.29 is 17.9 Å². The number of hydrazine groups is 1. The van der Waals surface area contributed by atoms with Crippen molar-refractivity contribution in [3.8, 4) is 5.75 Å². The maximum atomic E-state index is 12.3. The van der Waals surface area contributed by atoms with Crippen molar-refractivity contribution in [3.05, 3.63) is 21.1 Å². The Hall–Kier alpha value is -0.580. The Balaban J connectivity index is 3.16. The van der Waals surface area contributed by atoms with Crippen LogP contribution < -0.4 is 21.3 Å². The van der Waals surface area contributed by atoms with Crippen molar-refractivity contribution in [2.45, 2.75) is 6.36 Å².